The SMILES string of the molecule is CC(=O)c1sc(NCCC(F)(F)F)c(S(C)(=O)=O)c1N. The molecule has 1 aromatic heterocycles. The number of hydrogen-bond acceptors (Lipinski definition) is 6. The third-order valence-electron chi connectivity index (χ3n) is 2.28. The normalized spacial score (nSPS) is 12.4. The molecule has 1 rings (SSSR count). The van der Waals surface area contributed by atoms with Gasteiger partial charge in [-0.15, -0.1) is 11.3 Å². The van der Waals surface area contributed by atoms with Crippen molar-refractivity contribution in [2.45, 2.75) is 24.4 Å². The fourth-order valence-electron chi connectivity index (χ4n) is 1.49. The number of nitrogen functional groups attached to an aromatic ring is 1. The van der Waals surface area contributed by atoms with Gasteiger partial charge in [0, 0.05) is 19.7 Å². The number of nitrogens with two attached hydrogens (primary N) is 1. The molecule has 0 aliphatic heterocycles. The second kappa shape index (κ2) is 5.60. The molecule has 0 aromatic carbocycles. The number of sulfone groups is 1. The van der Waals surface area contributed by atoms with Crippen LogP contribution in [0.15, 0.2) is 4.90 Å². The number of rotatable bonds is 5. The van der Waals surface area contributed by atoms with Gasteiger partial charge in [0.05, 0.1) is 17.0 Å². The summed E-state index contributed by atoms with van der Waals surface area (Å²) in [5.74, 6) is -0.443. The molecule has 0 bridgehead atoms. The minimum absolute atomic E-state index is 0.0138. The van der Waals surface area contributed by atoms with E-state index in [-0.39, 0.29) is 20.5 Å². The number of carbonyl (C=O) groups excluding carboxylic acids is 1. The van der Waals surface area contributed by atoms with Gasteiger partial charge in [-0.05, 0) is 0 Å². The van der Waals surface area contributed by atoms with E-state index in [9.17, 15) is 26.4 Å². The Hall–Kier alpha value is -1.29. The Morgan fingerprint density at radius 1 is 1.40 bits per heavy atom. The van der Waals surface area contributed by atoms with Crippen molar-refractivity contribution >= 4 is 37.6 Å². The average molecular weight is 330 g/mol. The maximum atomic E-state index is 12.1. The lowest BCUT2D eigenvalue weighted by Gasteiger charge is -2.08. The third kappa shape index (κ3) is 4.10. The number of ketones is 1. The highest BCUT2D eigenvalue weighted by Crippen LogP contribution is 2.39. The van der Waals surface area contributed by atoms with Gasteiger partial charge in [-0.25, -0.2) is 8.42 Å². The molecule has 0 spiro atoms. The zero-order valence-corrected chi connectivity index (χ0v) is 12.3. The molecule has 114 valence electrons. The fourth-order valence-corrected chi connectivity index (χ4v) is 3.98. The van der Waals surface area contributed by atoms with Crippen molar-refractivity contribution in [3.63, 3.8) is 0 Å². The first kappa shape index (κ1) is 16.8. The number of Topliss-reactive ketones (excluding diaryl/α,β-unsaturated/α-hetero) is 1. The fraction of sp³-hybridized carbons (Fsp3) is 0.500. The van der Waals surface area contributed by atoms with Crippen LogP contribution in [0.2, 0.25) is 0 Å². The topological polar surface area (TPSA) is 89.3 Å². The molecule has 5 nitrogen and oxygen atoms in total. The van der Waals surface area contributed by atoms with Crippen LogP contribution in [0.25, 0.3) is 0 Å². The van der Waals surface area contributed by atoms with Gasteiger partial charge in [-0.1, -0.05) is 0 Å². The van der Waals surface area contributed by atoms with Crippen molar-refractivity contribution in [1.82, 2.24) is 0 Å². The quantitative estimate of drug-likeness (QED) is 0.809. The molecule has 10 heteroatoms. The van der Waals surface area contributed by atoms with Crippen LogP contribution in [0.5, 0.6) is 0 Å². The largest absolute Gasteiger partial charge is 0.396 e. The lowest BCUT2D eigenvalue weighted by atomic mass is 10.3. The van der Waals surface area contributed by atoms with Crippen molar-refractivity contribution < 1.29 is 26.4 Å². The summed E-state index contributed by atoms with van der Waals surface area (Å²) < 4.78 is 59.5. The van der Waals surface area contributed by atoms with Gasteiger partial charge in [-0.3, -0.25) is 4.79 Å². The van der Waals surface area contributed by atoms with E-state index in [1.54, 1.807) is 0 Å². The van der Waals surface area contributed by atoms with Crippen molar-refractivity contribution in [3.05, 3.63) is 4.88 Å². The molecule has 20 heavy (non-hydrogen) atoms. The second-order valence-electron chi connectivity index (χ2n) is 4.12. The summed E-state index contributed by atoms with van der Waals surface area (Å²) in [5, 5.41) is 2.34. The van der Waals surface area contributed by atoms with Gasteiger partial charge in [0.1, 0.15) is 9.90 Å². The van der Waals surface area contributed by atoms with Gasteiger partial charge in [0.2, 0.25) is 0 Å². The zero-order valence-electron chi connectivity index (χ0n) is 10.7. The van der Waals surface area contributed by atoms with Crippen molar-refractivity contribution in [3.8, 4) is 0 Å². The predicted octanol–water partition coefficient (Wildman–Crippen LogP) is 2.30. The molecular formula is C10H13F3N2O3S2. The summed E-state index contributed by atoms with van der Waals surface area (Å²) in [6, 6.07) is 0. The second-order valence-corrected chi connectivity index (χ2v) is 7.10. The van der Waals surface area contributed by atoms with E-state index >= 15 is 0 Å². The highest BCUT2D eigenvalue weighted by Gasteiger charge is 2.28. The van der Waals surface area contributed by atoms with Crippen LogP contribution in [-0.2, 0) is 9.84 Å². The van der Waals surface area contributed by atoms with E-state index < -0.39 is 34.8 Å². The van der Waals surface area contributed by atoms with Gasteiger partial charge >= 0.3 is 6.18 Å². The Morgan fingerprint density at radius 2 is 1.95 bits per heavy atom. The lowest BCUT2D eigenvalue weighted by Crippen LogP contribution is -2.15. The van der Waals surface area contributed by atoms with Gasteiger partial charge in [0.15, 0.2) is 15.6 Å². The maximum Gasteiger partial charge on any atom is 0.390 e. The van der Waals surface area contributed by atoms with Crippen LogP contribution in [-0.4, -0.2) is 33.2 Å². The molecule has 0 saturated heterocycles. The molecule has 0 saturated carbocycles. The van der Waals surface area contributed by atoms with E-state index in [2.05, 4.69) is 5.32 Å². The first-order chi connectivity index (χ1) is 8.93. The number of anilines is 2. The van der Waals surface area contributed by atoms with Crippen LogP contribution in [0.3, 0.4) is 0 Å². The molecule has 0 fully saturated rings. The Kier molecular flexibility index (Phi) is 4.70. The van der Waals surface area contributed by atoms with Crippen molar-refractivity contribution in [2.24, 2.45) is 0 Å². The molecule has 1 heterocycles. The number of alkyl halides is 3. The smallest absolute Gasteiger partial charge is 0.390 e. The molecule has 0 atom stereocenters. The minimum atomic E-state index is -4.36. The van der Waals surface area contributed by atoms with E-state index in [1.165, 1.54) is 6.92 Å². The molecule has 0 aliphatic rings. The zero-order chi connectivity index (χ0) is 15.7. The Bertz CT molecular complexity index is 620. The first-order valence-corrected chi connectivity index (χ1v) is 8.08. The van der Waals surface area contributed by atoms with E-state index in [4.69, 9.17) is 5.73 Å². The number of carbonyl (C=O) groups is 1. The van der Waals surface area contributed by atoms with Crippen LogP contribution < -0.4 is 11.1 Å². The maximum absolute atomic E-state index is 12.1. The first-order valence-electron chi connectivity index (χ1n) is 5.37. The van der Waals surface area contributed by atoms with Crippen molar-refractivity contribution in [1.29, 1.82) is 0 Å². The number of hydrogen-bond donors (Lipinski definition) is 2. The van der Waals surface area contributed by atoms with Crippen LogP contribution >= 0.6 is 11.3 Å². The minimum Gasteiger partial charge on any atom is -0.396 e. The Balaban J connectivity index is 3.13. The van der Waals surface area contributed by atoms with E-state index in [1.807, 2.05) is 0 Å². The Morgan fingerprint density at radius 3 is 2.35 bits per heavy atom. The van der Waals surface area contributed by atoms with Crippen LogP contribution in [0, 0.1) is 0 Å². The molecule has 0 radical (unpaired) electrons. The summed E-state index contributed by atoms with van der Waals surface area (Å²) in [6.07, 6.45) is -4.60. The van der Waals surface area contributed by atoms with Crippen LogP contribution in [0.4, 0.5) is 23.9 Å². The number of thiophene rings is 1. The predicted molar refractivity (Wildman–Crippen MR) is 71.0 cm³/mol. The summed E-state index contributed by atoms with van der Waals surface area (Å²) >= 11 is 0.740. The molecule has 0 aliphatic carbocycles. The molecule has 0 unspecified atom stereocenters. The molecular weight excluding hydrogens is 317 g/mol. The standard InChI is InChI=1S/C10H13F3N2O3S2/c1-5(16)7-6(14)8(20(2,17)18)9(19-7)15-4-3-10(11,12)13/h15H,3-4,14H2,1-2H3. The number of halogens is 3. The van der Waals surface area contributed by atoms with Gasteiger partial charge in [-0.2, -0.15) is 13.2 Å². The highest BCUT2D eigenvalue weighted by atomic mass is 32.2. The number of nitrogens with one attached hydrogen (secondary N) is 1. The molecule has 1 aromatic rings. The van der Waals surface area contributed by atoms with Gasteiger partial charge in [0.25, 0.3) is 0 Å². The molecule has 3 N–H and O–H groups in total. The Labute approximate surface area is 117 Å². The summed E-state index contributed by atoms with van der Waals surface area (Å²) in [6.45, 7) is 0.705. The molecule has 0 amide bonds. The average Bonchev–Trinajstić information content (AvgIpc) is 2.52. The lowest BCUT2D eigenvalue weighted by molar-refractivity contribution is -0.131. The highest BCUT2D eigenvalue weighted by molar-refractivity contribution is 7.91. The van der Waals surface area contributed by atoms with E-state index in [0.717, 1.165) is 17.6 Å². The monoisotopic (exact) mass is 330 g/mol. The van der Waals surface area contributed by atoms with Crippen molar-refractivity contribution in [2.75, 3.05) is 23.9 Å². The summed E-state index contributed by atoms with van der Waals surface area (Å²) in [7, 11) is -3.75. The summed E-state index contributed by atoms with van der Waals surface area (Å²) in [4.78, 5) is 11.0. The van der Waals surface area contributed by atoms with Crippen LogP contribution in [0.1, 0.15) is 23.0 Å². The summed E-state index contributed by atoms with van der Waals surface area (Å²) in [5.41, 5.74) is 5.37. The third-order valence-corrected chi connectivity index (χ3v) is 4.84. The van der Waals surface area contributed by atoms with Gasteiger partial charge < -0.3 is 11.1 Å². The van der Waals surface area contributed by atoms with E-state index in [0.29, 0.717) is 0 Å².